The predicted molar refractivity (Wildman–Crippen MR) is 150 cm³/mol. The van der Waals surface area contributed by atoms with Gasteiger partial charge in [-0.25, -0.2) is 4.79 Å². The van der Waals surface area contributed by atoms with Gasteiger partial charge in [-0.05, 0) is 43.2 Å². The monoisotopic (exact) mass is 566 g/mol. The number of benzene rings is 3. The van der Waals surface area contributed by atoms with Crippen molar-refractivity contribution in [2.75, 3.05) is 6.61 Å². The van der Waals surface area contributed by atoms with E-state index in [9.17, 15) is 19.8 Å². The Morgan fingerprint density at radius 1 is 0.875 bits per heavy atom. The van der Waals surface area contributed by atoms with Crippen molar-refractivity contribution >= 4 is 23.7 Å². The van der Waals surface area contributed by atoms with Crippen molar-refractivity contribution < 1.29 is 38.7 Å². The second-order valence-electron chi connectivity index (χ2n) is 9.50. The van der Waals surface area contributed by atoms with Crippen LogP contribution in [0.15, 0.2) is 95.9 Å². The SMILES string of the molecule is CC(O)CCC(=O)OC1C(OC(=O)c2ccccc2)C(CO)OC(Sc2ccccc2)C1OCc1ccccc1. The predicted octanol–water partition coefficient (Wildman–Crippen LogP) is 4.38. The molecule has 0 aromatic heterocycles. The van der Waals surface area contributed by atoms with E-state index < -0.39 is 54.5 Å². The molecule has 1 heterocycles. The number of hydrogen-bond donors (Lipinski definition) is 2. The highest BCUT2D eigenvalue weighted by Crippen LogP contribution is 2.38. The average Bonchev–Trinajstić information content (AvgIpc) is 2.98. The Kier molecular flexibility index (Phi) is 11.1. The van der Waals surface area contributed by atoms with Crippen LogP contribution in [0, 0.1) is 0 Å². The highest BCUT2D eigenvalue weighted by atomic mass is 32.2. The molecule has 1 aliphatic rings. The molecule has 1 fully saturated rings. The lowest BCUT2D eigenvalue weighted by molar-refractivity contribution is -0.233. The number of carbonyl (C=O) groups is 2. The summed E-state index contributed by atoms with van der Waals surface area (Å²) in [7, 11) is 0. The number of aliphatic hydroxyl groups is 2. The van der Waals surface area contributed by atoms with Crippen LogP contribution in [0.25, 0.3) is 0 Å². The molecule has 0 amide bonds. The largest absolute Gasteiger partial charge is 0.455 e. The Morgan fingerprint density at radius 2 is 1.50 bits per heavy atom. The summed E-state index contributed by atoms with van der Waals surface area (Å²) in [5.74, 6) is -1.23. The van der Waals surface area contributed by atoms with E-state index >= 15 is 0 Å². The number of carbonyl (C=O) groups excluding carboxylic acids is 2. The van der Waals surface area contributed by atoms with E-state index in [-0.39, 0.29) is 19.4 Å². The lowest BCUT2D eigenvalue weighted by Gasteiger charge is -2.44. The summed E-state index contributed by atoms with van der Waals surface area (Å²) in [6.45, 7) is 1.30. The molecule has 1 saturated heterocycles. The van der Waals surface area contributed by atoms with Gasteiger partial charge in [0.15, 0.2) is 12.2 Å². The van der Waals surface area contributed by atoms with E-state index in [0.717, 1.165) is 10.5 Å². The smallest absolute Gasteiger partial charge is 0.338 e. The van der Waals surface area contributed by atoms with Gasteiger partial charge in [0.25, 0.3) is 0 Å². The average molecular weight is 567 g/mol. The third kappa shape index (κ3) is 8.39. The Labute approximate surface area is 238 Å². The summed E-state index contributed by atoms with van der Waals surface area (Å²) >= 11 is 1.36. The third-order valence-electron chi connectivity index (χ3n) is 6.34. The lowest BCUT2D eigenvalue weighted by Crippen LogP contribution is -2.61. The Morgan fingerprint density at radius 3 is 2.12 bits per heavy atom. The standard InChI is InChI=1S/C31H34O8S/c1-21(33)17-18-26(34)38-28-27(39-30(35)23-13-7-3-8-14-23)25(19-32)37-31(40-24-15-9-4-10-16-24)29(28)36-20-22-11-5-2-6-12-22/h2-16,21,25,27-29,31-33H,17-20H2,1H3. The van der Waals surface area contributed by atoms with Crippen LogP contribution in [-0.2, 0) is 30.3 Å². The Hall–Kier alpha value is -3.21. The fourth-order valence-corrected chi connectivity index (χ4v) is 5.42. The molecule has 40 heavy (non-hydrogen) atoms. The molecule has 1 aliphatic heterocycles. The van der Waals surface area contributed by atoms with E-state index in [1.54, 1.807) is 37.3 Å². The number of ether oxygens (including phenoxy) is 4. The molecule has 212 valence electrons. The molecule has 6 unspecified atom stereocenters. The Balaban J connectivity index is 1.66. The molecule has 2 N–H and O–H groups in total. The molecule has 3 aromatic carbocycles. The van der Waals surface area contributed by atoms with E-state index in [1.807, 2.05) is 60.7 Å². The fraction of sp³-hybridized carbons (Fsp3) is 0.355. The first-order valence-corrected chi connectivity index (χ1v) is 14.1. The fourth-order valence-electron chi connectivity index (χ4n) is 4.28. The van der Waals surface area contributed by atoms with Gasteiger partial charge in [-0.1, -0.05) is 78.5 Å². The molecule has 0 spiro atoms. The maximum absolute atomic E-state index is 13.1. The van der Waals surface area contributed by atoms with Crippen molar-refractivity contribution in [1.82, 2.24) is 0 Å². The van der Waals surface area contributed by atoms with E-state index in [4.69, 9.17) is 18.9 Å². The van der Waals surface area contributed by atoms with Gasteiger partial charge in [0.1, 0.15) is 17.6 Å². The number of thioether (sulfide) groups is 1. The maximum atomic E-state index is 13.1. The highest BCUT2D eigenvalue weighted by molar-refractivity contribution is 7.99. The number of aliphatic hydroxyl groups excluding tert-OH is 2. The first-order chi connectivity index (χ1) is 19.4. The number of rotatable bonds is 12. The van der Waals surface area contributed by atoms with Crippen LogP contribution in [0.1, 0.15) is 35.7 Å². The van der Waals surface area contributed by atoms with Crippen LogP contribution in [-0.4, -0.2) is 64.7 Å². The van der Waals surface area contributed by atoms with Crippen LogP contribution in [0.4, 0.5) is 0 Å². The van der Waals surface area contributed by atoms with E-state index in [2.05, 4.69) is 0 Å². The normalized spacial score (nSPS) is 23.2. The van der Waals surface area contributed by atoms with Crippen molar-refractivity contribution in [3.63, 3.8) is 0 Å². The van der Waals surface area contributed by atoms with Gasteiger partial charge < -0.3 is 29.2 Å². The van der Waals surface area contributed by atoms with Gasteiger partial charge in [0.2, 0.25) is 0 Å². The van der Waals surface area contributed by atoms with E-state index in [1.165, 1.54) is 11.8 Å². The zero-order valence-electron chi connectivity index (χ0n) is 22.2. The van der Waals surface area contributed by atoms with Gasteiger partial charge in [0.05, 0.1) is 24.9 Å². The molecule has 4 rings (SSSR count). The zero-order valence-corrected chi connectivity index (χ0v) is 23.0. The lowest BCUT2D eigenvalue weighted by atomic mass is 9.99. The van der Waals surface area contributed by atoms with Gasteiger partial charge in [0, 0.05) is 11.3 Å². The molecule has 8 nitrogen and oxygen atoms in total. The molecule has 0 aliphatic carbocycles. The molecule has 6 atom stereocenters. The van der Waals surface area contributed by atoms with Crippen LogP contribution in [0.5, 0.6) is 0 Å². The second-order valence-corrected chi connectivity index (χ2v) is 10.7. The minimum atomic E-state index is -1.15. The van der Waals surface area contributed by atoms with Gasteiger partial charge in [-0.3, -0.25) is 4.79 Å². The van der Waals surface area contributed by atoms with Crippen LogP contribution < -0.4 is 0 Å². The molecular formula is C31H34O8S. The quantitative estimate of drug-likeness (QED) is 0.309. The van der Waals surface area contributed by atoms with Crippen LogP contribution in [0.2, 0.25) is 0 Å². The summed E-state index contributed by atoms with van der Waals surface area (Å²) in [5.41, 5.74) is 0.498. The molecule has 3 aromatic rings. The van der Waals surface area contributed by atoms with Gasteiger partial charge in [-0.15, -0.1) is 0 Å². The second kappa shape index (κ2) is 15.0. The van der Waals surface area contributed by atoms with E-state index in [0.29, 0.717) is 5.56 Å². The van der Waals surface area contributed by atoms with Crippen molar-refractivity contribution in [3.8, 4) is 0 Å². The molecule has 0 bridgehead atoms. The first kappa shape index (κ1) is 29.8. The molecular weight excluding hydrogens is 532 g/mol. The minimum Gasteiger partial charge on any atom is -0.455 e. The first-order valence-electron chi connectivity index (χ1n) is 13.2. The molecule has 0 saturated carbocycles. The number of hydrogen-bond acceptors (Lipinski definition) is 9. The molecule has 0 radical (unpaired) electrons. The summed E-state index contributed by atoms with van der Waals surface area (Å²) in [6.07, 6.45) is -4.62. The van der Waals surface area contributed by atoms with Gasteiger partial charge in [-0.2, -0.15) is 0 Å². The zero-order chi connectivity index (χ0) is 28.3. The van der Waals surface area contributed by atoms with Crippen molar-refractivity contribution in [2.45, 2.75) is 67.2 Å². The van der Waals surface area contributed by atoms with Crippen molar-refractivity contribution in [2.24, 2.45) is 0 Å². The van der Waals surface area contributed by atoms with Gasteiger partial charge >= 0.3 is 11.9 Å². The van der Waals surface area contributed by atoms with Crippen molar-refractivity contribution in [1.29, 1.82) is 0 Å². The van der Waals surface area contributed by atoms with Crippen LogP contribution in [0.3, 0.4) is 0 Å². The third-order valence-corrected chi connectivity index (χ3v) is 7.49. The summed E-state index contributed by atoms with van der Waals surface area (Å²) in [5, 5.41) is 20.0. The summed E-state index contributed by atoms with van der Waals surface area (Å²) in [6, 6.07) is 27.5. The summed E-state index contributed by atoms with van der Waals surface area (Å²) in [4.78, 5) is 26.9. The summed E-state index contributed by atoms with van der Waals surface area (Å²) < 4.78 is 24.4. The van der Waals surface area contributed by atoms with Crippen LogP contribution >= 0.6 is 11.8 Å². The minimum absolute atomic E-state index is 0.0416. The topological polar surface area (TPSA) is 112 Å². The molecule has 9 heteroatoms. The highest BCUT2D eigenvalue weighted by Gasteiger charge is 2.51. The number of esters is 2. The Bertz CT molecular complexity index is 1190. The van der Waals surface area contributed by atoms with Crippen molar-refractivity contribution in [3.05, 3.63) is 102 Å². The maximum Gasteiger partial charge on any atom is 0.338 e.